The average molecular weight is 625 g/mol. The molecule has 1 heterocycles. The predicted molar refractivity (Wildman–Crippen MR) is 151 cm³/mol. The Hall–Kier alpha value is -3.87. The van der Waals surface area contributed by atoms with Gasteiger partial charge >= 0.3 is 6.18 Å². The van der Waals surface area contributed by atoms with Crippen molar-refractivity contribution in [1.29, 1.82) is 0 Å². The molecule has 4 aromatic rings. The monoisotopic (exact) mass is 624 g/mol. The second-order valence-electron chi connectivity index (χ2n) is 8.71. The van der Waals surface area contributed by atoms with Crippen LogP contribution in [0, 0.1) is 6.92 Å². The number of anilines is 1. The molecule has 41 heavy (non-hydrogen) atoms. The fraction of sp³-hybridized carbons (Fsp3) is 0.148. The molecule has 0 aliphatic heterocycles. The van der Waals surface area contributed by atoms with Crippen molar-refractivity contribution >= 4 is 61.9 Å². The molecule has 0 unspecified atom stereocenters. The highest BCUT2D eigenvalue weighted by molar-refractivity contribution is 7.92. The Morgan fingerprint density at radius 2 is 1.78 bits per heavy atom. The van der Waals surface area contributed by atoms with Gasteiger partial charge < -0.3 is 4.74 Å². The lowest BCUT2D eigenvalue weighted by Gasteiger charge is -2.25. The Balaban J connectivity index is 1.63. The van der Waals surface area contributed by atoms with Gasteiger partial charge in [-0.15, -0.1) is 0 Å². The molecule has 1 N–H and O–H groups in total. The first-order valence-corrected chi connectivity index (χ1v) is 13.9. The van der Waals surface area contributed by atoms with Crippen molar-refractivity contribution in [3.63, 3.8) is 0 Å². The van der Waals surface area contributed by atoms with Crippen LogP contribution in [0.1, 0.15) is 16.7 Å². The third-order valence-corrected chi connectivity index (χ3v) is 8.26. The highest BCUT2D eigenvalue weighted by Crippen LogP contribution is 2.38. The Morgan fingerprint density at radius 3 is 2.44 bits per heavy atom. The first-order chi connectivity index (χ1) is 19.3. The molecule has 214 valence electrons. The summed E-state index contributed by atoms with van der Waals surface area (Å²) in [7, 11) is -2.97. The number of amides is 1. The number of halogens is 5. The minimum atomic E-state index is -4.86. The number of fused-ring (bicyclic) bond motifs is 1. The lowest BCUT2D eigenvalue weighted by atomic mass is 10.1. The molecule has 8 nitrogen and oxygen atoms in total. The number of nitrogens with one attached hydrogen (secondary N) is 1. The third kappa shape index (κ3) is 6.89. The molecule has 0 aliphatic rings. The zero-order chi connectivity index (χ0) is 29.9. The topological polar surface area (TPSA) is 101 Å². The lowest BCUT2D eigenvalue weighted by Crippen LogP contribution is -2.39. The zero-order valence-corrected chi connectivity index (χ0v) is 23.7. The van der Waals surface area contributed by atoms with Crippen molar-refractivity contribution in [3.05, 3.63) is 93.6 Å². The summed E-state index contributed by atoms with van der Waals surface area (Å²) in [4.78, 5) is 16.9. The second kappa shape index (κ2) is 11.9. The van der Waals surface area contributed by atoms with Crippen LogP contribution in [-0.2, 0) is 21.0 Å². The van der Waals surface area contributed by atoms with E-state index in [0.717, 1.165) is 17.7 Å². The highest BCUT2D eigenvalue weighted by atomic mass is 35.5. The van der Waals surface area contributed by atoms with Gasteiger partial charge in [-0.05, 0) is 55.5 Å². The number of aromatic nitrogens is 1. The number of pyridine rings is 1. The molecule has 0 atom stereocenters. The van der Waals surface area contributed by atoms with Gasteiger partial charge in [-0.3, -0.25) is 9.10 Å². The van der Waals surface area contributed by atoms with Crippen molar-refractivity contribution in [1.82, 2.24) is 10.4 Å². The van der Waals surface area contributed by atoms with Gasteiger partial charge in [-0.1, -0.05) is 40.9 Å². The predicted octanol–water partition coefficient (Wildman–Crippen LogP) is 6.22. The van der Waals surface area contributed by atoms with Gasteiger partial charge in [-0.25, -0.2) is 18.8 Å². The molecule has 3 aromatic carbocycles. The third-order valence-electron chi connectivity index (χ3n) is 5.84. The number of hydrogen-bond donors (Lipinski definition) is 1. The maximum Gasteiger partial charge on any atom is 0.417 e. The Morgan fingerprint density at radius 1 is 1.07 bits per heavy atom. The van der Waals surface area contributed by atoms with Crippen molar-refractivity contribution in [2.45, 2.75) is 18.0 Å². The Labute approximate surface area is 243 Å². The van der Waals surface area contributed by atoms with Crippen LogP contribution in [0.3, 0.4) is 0 Å². The minimum absolute atomic E-state index is 0.0770. The summed E-state index contributed by atoms with van der Waals surface area (Å²) in [5.41, 5.74) is 2.18. The van der Waals surface area contributed by atoms with Crippen LogP contribution in [0.15, 0.2) is 76.7 Å². The maximum atomic E-state index is 13.5. The first kappa shape index (κ1) is 30.1. The first-order valence-electron chi connectivity index (χ1n) is 11.7. The standard InChI is InChI=1S/C27H21Cl2F3N4O4S/c1-16-3-8-21(9-4-16)41(38,39)36(19-6-10-23(28)22(12-19)27(30,31)32)15-25(37)35-33-14-18-11-17-5-7-20(40-2)13-24(17)34-26(18)29/h3-14H,15H2,1-2H3,(H,35,37)/b33-14+. The quantitative estimate of drug-likeness (QED) is 0.142. The SMILES string of the molecule is COc1ccc2cc(/C=N/NC(=O)CN(c3ccc(Cl)c(C(F)(F)F)c3)S(=O)(=O)c3ccc(C)cc3)c(Cl)nc2c1. The molecule has 0 saturated heterocycles. The van der Waals surface area contributed by atoms with Gasteiger partial charge in [0.15, 0.2) is 0 Å². The lowest BCUT2D eigenvalue weighted by molar-refractivity contribution is -0.137. The van der Waals surface area contributed by atoms with E-state index in [2.05, 4.69) is 15.5 Å². The summed E-state index contributed by atoms with van der Waals surface area (Å²) in [6.07, 6.45) is -3.66. The van der Waals surface area contributed by atoms with Gasteiger partial charge in [-0.2, -0.15) is 18.3 Å². The molecule has 0 saturated carbocycles. The fourth-order valence-corrected chi connectivity index (χ4v) is 5.57. The van der Waals surface area contributed by atoms with Crippen molar-refractivity contribution < 1.29 is 31.1 Å². The van der Waals surface area contributed by atoms with E-state index in [4.69, 9.17) is 27.9 Å². The Kier molecular flexibility index (Phi) is 8.76. The number of sulfonamides is 1. The van der Waals surface area contributed by atoms with E-state index in [0.29, 0.717) is 32.6 Å². The summed E-state index contributed by atoms with van der Waals surface area (Å²) in [6.45, 7) is 0.846. The molecule has 1 amide bonds. The van der Waals surface area contributed by atoms with Gasteiger partial charge in [0.25, 0.3) is 15.9 Å². The molecule has 0 radical (unpaired) electrons. The summed E-state index contributed by atoms with van der Waals surface area (Å²) in [5.74, 6) is -0.349. The smallest absolute Gasteiger partial charge is 0.417 e. The van der Waals surface area contributed by atoms with Crippen molar-refractivity contribution in [2.24, 2.45) is 5.10 Å². The second-order valence-corrected chi connectivity index (χ2v) is 11.3. The number of methoxy groups -OCH3 is 1. The molecule has 0 fully saturated rings. The van der Waals surface area contributed by atoms with Crippen molar-refractivity contribution in [3.8, 4) is 5.75 Å². The van der Waals surface area contributed by atoms with Crippen LogP contribution >= 0.6 is 23.2 Å². The number of hydrazone groups is 1. The summed E-state index contributed by atoms with van der Waals surface area (Å²) >= 11 is 12.0. The van der Waals surface area contributed by atoms with E-state index < -0.39 is 44.9 Å². The highest BCUT2D eigenvalue weighted by Gasteiger charge is 2.35. The van der Waals surface area contributed by atoms with Crippen LogP contribution in [-0.4, -0.2) is 39.2 Å². The molecular formula is C27H21Cl2F3N4O4S. The number of benzene rings is 3. The van der Waals surface area contributed by atoms with Crippen LogP contribution in [0.5, 0.6) is 5.75 Å². The number of carbonyl (C=O) groups is 1. The van der Waals surface area contributed by atoms with E-state index in [1.54, 1.807) is 31.2 Å². The van der Waals surface area contributed by atoms with E-state index in [1.165, 1.54) is 37.6 Å². The molecule has 1 aromatic heterocycles. The summed E-state index contributed by atoms with van der Waals surface area (Å²) in [5, 5.41) is 3.99. The van der Waals surface area contributed by atoms with Crippen LogP contribution in [0.4, 0.5) is 18.9 Å². The molecule has 0 aliphatic carbocycles. The molecule has 14 heteroatoms. The molecular weight excluding hydrogens is 604 g/mol. The maximum absolute atomic E-state index is 13.5. The fourth-order valence-electron chi connectivity index (χ4n) is 3.73. The average Bonchev–Trinajstić information content (AvgIpc) is 2.91. The van der Waals surface area contributed by atoms with Crippen LogP contribution in [0.2, 0.25) is 10.2 Å². The van der Waals surface area contributed by atoms with Gasteiger partial charge in [0, 0.05) is 17.0 Å². The number of alkyl halides is 3. The van der Waals surface area contributed by atoms with Gasteiger partial charge in [0.2, 0.25) is 0 Å². The minimum Gasteiger partial charge on any atom is -0.497 e. The van der Waals surface area contributed by atoms with Crippen LogP contribution < -0.4 is 14.5 Å². The molecule has 4 rings (SSSR count). The molecule has 0 bridgehead atoms. The van der Waals surface area contributed by atoms with E-state index >= 15 is 0 Å². The van der Waals surface area contributed by atoms with Crippen molar-refractivity contribution in [2.75, 3.05) is 18.0 Å². The van der Waals surface area contributed by atoms with E-state index in [9.17, 15) is 26.4 Å². The Bertz CT molecular complexity index is 1750. The summed E-state index contributed by atoms with van der Waals surface area (Å²) < 4.78 is 73.3. The molecule has 0 spiro atoms. The number of carbonyl (C=O) groups excluding carboxylic acids is 1. The van der Waals surface area contributed by atoms with E-state index in [-0.39, 0.29) is 10.0 Å². The zero-order valence-electron chi connectivity index (χ0n) is 21.4. The van der Waals surface area contributed by atoms with Gasteiger partial charge in [0.1, 0.15) is 17.4 Å². The number of hydrogen-bond acceptors (Lipinski definition) is 6. The number of nitrogens with zero attached hydrogens (tertiary/aromatic N) is 3. The number of rotatable bonds is 8. The number of aryl methyl sites for hydroxylation is 1. The normalized spacial score (nSPS) is 12.1. The summed E-state index contributed by atoms with van der Waals surface area (Å²) in [6, 6.07) is 15.0. The largest absolute Gasteiger partial charge is 0.497 e. The van der Waals surface area contributed by atoms with Gasteiger partial charge in [0.05, 0.1) is 40.0 Å². The number of ether oxygens (including phenoxy) is 1. The van der Waals surface area contributed by atoms with E-state index in [1.807, 2.05) is 0 Å². The van der Waals surface area contributed by atoms with Crippen LogP contribution in [0.25, 0.3) is 10.9 Å².